The lowest BCUT2D eigenvalue weighted by Crippen LogP contribution is -2.43. The van der Waals surface area contributed by atoms with Crippen molar-refractivity contribution in [2.24, 2.45) is 5.41 Å². The third kappa shape index (κ3) is 2.78. The maximum atomic E-state index is 9.71. The Kier molecular flexibility index (Phi) is 4.26. The highest BCUT2D eigenvalue weighted by Crippen LogP contribution is 2.37. The topological polar surface area (TPSA) is 23.5 Å². The molecule has 2 heteroatoms. The Balaban J connectivity index is 1.89. The van der Waals surface area contributed by atoms with Crippen LogP contribution in [0.3, 0.4) is 0 Å². The first-order valence-corrected chi connectivity index (χ1v) is 7.07. The Morgan fingerprint density at radius 3 is 2.25 bits per heavy atom. The van der Waals surface area contributed by atoms with Gasteiger partial charge in [0, 0.05) is 24.6 Å². The lowest BCUT2D eigenvalue weighted by molar-refractivity contribution is 0.0362. The molecule has 0 heterocycles. The van der Waals surface area contributed by atoms with Crippen molar-refractivity contribution in [1.29, 1.82) is 0 Å². The molecule has 2 fully saturated rings. The Bertz CT molecular complexity index is 205. The van der Waals surface area contributed by atoms with E-state index in [1.54, 1.807) is 0 Å². The maximum absolute atomic E-state index is 9.71. The summed E-state index contributed by atoms with van der Waals surface area (Å²) < 4.78 is 0. The van der Waals surface area contributed by atoms with Crippen molar-refractivity contribution in [2.45, 2.75) is 63.8 Å². The molecule has 0 unspecified atom stereocenters. The summed E-state index contributed by atoms with van der Waals surface area (Å²) in [5, 5.41) is 9.71. The molecule has 16 heavy (non-hydrogen) atoms. The van der Waals surface area contributed by atoms with E-state index in [-0.39, 0.29) is 5.41 Å². The third-order valence-electron chi connectivity index (χ3n) is 4.78. The number of aliphatic hydroxyl groups excluding tert-OH is 1. The van der Waals surface area contributed by atoms with Crippen LogP contribution in [0.25, 0.3) is 0 Å². The summed E-state index contributed by atoms with van der Waals surface area (Å²) in [5.41, 5.74) is 0.232. The van der Waals surface area contributed by atoms with Gasteiger partial charge in [0.15, 0.2) is 0 Å². The van der Waals surface area contributed by atoms with Crippen LogP contribution in [0.15, 0.2) is 0 Å². The molecule has 0 aromatic heterocycles. The molecule has 94 valence electrons. The van der Waals surface area contributed by atoms with Crippen molar-refractivity contribution < 1.29 is 5.11 Å². The zero-order valence-corrected chi connectivity index (χ0v) is 10.7. The Morgan fingerprint density at radius 1 is 1.06 bits per heavy atom. The van der Waals surface area contributed by atoms with Gasteiger partial charge in [-0.05, 0) is 32.7 Å². The van der Waals surface area contributed by atoms with E-state index in [1.165, 1.54) is 57.8 Å². The second-order valence-corrected chi connectivity index (χ2v) is 6.07. The highest BCUT2D eigenvalue weighted by molar-refractivity contribution is 4.87. The molecule has 2 nitrogen and oxygen atoms in total. The fourth-order valence-corrected chi connectivity index (χ4v) is 3.67. The molecule has 2 aliphatic carbocycles. The largest absolute Gasteiger partial charge is 0.396 e. The van der Waals surface area contributed by atoms with Gasteiger partial charge in [0.1, 0.15) is 0 Å². The molecule has 2 rings (SSSR count). The van der Waals surface area contributed by atoms with Crippen LogP contribution in [0.4, 0.5) is 0 Å². The van der Waals surface area contributed by atoms with Crippen LogP contribution >= 0.6 is 0 Å². The van der Waals surface area contributed by atoms with Gasteiger partial charge in [-0.1, -0.05) is 32.1 Å². The van der Waals surface area contributed by atoms with E-state index >= 15 is 0 Å². The molecule has 0 spiro atoms. The molecule has 0 bridgehead atoms. The van der Waals surface area contributed by atoms with Crippen molar-refractivity contribution in [2.75, 3.05) is 20.2 Å². The van der Waals surface area contributed by atoms with Gasteiger partial charge in [0.2, 0.25) is 0 Å². The highest BCUT2D eigenvalue weighted by atomic mass is 16.3. The molecule has 0 aromatic carbocycles. The predicted molar refractivity (Wildman–Crippen MR) is 67.5 cm³/mol. The Labute approximate surface area is 100 Å². The lowest BCUT2D eigenvalue weighted by atomic mass is 9.74. The minimum Gasteiger partial charge on any atom is -0.396 e. The van der Waals surface area contributed by atoms with E-state index < -0.39 is 0 Å². The van der Waals surface area contributed by atoms with Crippen LogP contribution in [0.2, 0.25) is 0 Å². The van der Waals surface area contributed by atoms with Gasteiger partial charge in [0.05, 0.1) is 0 Å². The zero-order chi connectivity index (χ0) is 11.4. The maximum Gasteiger partial charge on any atom is 0.0499 e. The molecule has 0 aromatic rings. The molecule has 0 atom stereocenters. The molecule has 2 aliphatic rings. The molecule has 2 saturated carbocycles. The first kappa shape index (κ1) is 12.4. The fourth-order valence-electron chi connectivity index (χ4n) is 3.67. The van der Waals surface area contributed by atoms with E-state index in [2.05, 4.69) is 11.9 Å². The number of hydrogen-bond acceptors (Lipinski definition) is 2. The van der Waals surface area contributed by atoms with Crippen LogP contribution in [-0.2, 0) is 0 Å². The van der Waals surface area contributed by atoms with Gasteiger partial charge in [-0.15, -0.1) is 0 Å². The van der Waals surface area contributed by atoms with Gasteiger partial charge in [0.25, 0.3) is 0 Å². The van der Waals surface area contributed by atoms with Crippen LogP contribution in [0.5, 0.6) is 0 Å². The van der Waals surface area contributed by atoms with Crippen molar-refractivity contribution in [3.63, 3.8) is 0 Å². The average molecular weight is 225 g/mol. The summed E-state index contributed by atoms with van der Waals surface area (Å²) in [6, 6.07) is 0.797. The van der Waals surface area contributed by atoms with Crippen LogP contribution < -0.4 is 0 Å². The first-order chi connectivity index (χ1) is 7.76. The first-order valence-electron chi connectivity index (χ1n) is 7.07. The summed E-state index contributed by atoms with van der Waals surface area (Å²) in [5.74, 6) is 0. The number of nitrogens with zero attached hydrogens (tertiary/aromatic N) is 1. The van der Waals surface area contributed by atoms with Crippen LogP contribution in [-0.4, -0.2) is 36.2 Å². The van der Waals surface area contributed by atoms with E-state index in [9.17, 15) is 5.11 Å². The molecule has 0 amide bonds. The lowest BCUT2D eigenvalue weighted by Gasteiger charge is -2.40. The van der Waals surface area contributed by atoms with E-state index in [1.807, 2.05) is 0 Å². The fraction of sp³-hybridized carbons (Fsp3) is 1.00. The standard InChI is InChI=1S/C14H27NO/c1-15(13-7-3-4-8-13)11-14(12-16)9-5-2-6-10-14/h13,16H,2-12H2,1H3. The molecule has 1 N–H and O–H groups in total. The van der Waals surface area contributed by atoms with Crippen LogP contribution in [0.1, 0.15) is 57.8 Å². The summed E-state index contributed by atoms with van der Waals surface area (Å²) in [6.45, 7) is 1.51. The summed E-state index contributed by atoms with van der Waals surface area (Å²) in [7, 11) is 2.27. The normalized spacial score (nSPS) is 26.4. The Morgan fingerprint density at radius 2 is 1.69 bits per heavy atom. The second-order valence-electron chi connectivity index (χ2n) is 6.07. The molecule has 0 saturated heterocycles. The zero-order valence-electron chi connectivity index (χ0n) is 10.7. The molecule has 0 aliphatic heterocycles. The van der Waals surface area contributed by atoms with E-state index in [0.29, 0.717) is 6.61 Å². The quantitative estimate of drug-likeness (QED) is 0.795. The summed E-state index contributed by atoms with van der Waals surface area (Å²) in [4.78, 5) is 2.54. The average Bonchev–Trinajstić information content (AvgIpc) is 2.84. The van der Waals surface area contributed by atoms with Crippen molar-refractivity contribution in [3.05, 3.63) is 0 Å². The van der Waals surface area contributed by atoms with Gasteiger partial charge in [-0.3, -0.25) is 0 Å². The van der Waals surface area contributed by atoms with E-state index in [4.69, 9.17) is 0 Å². The van der Waals surface area contributed by atoms with Gasteiger partial charge >= 0.3 is 0 Å². The third-order valence-corrected chi connectivity index (χ3v) is 4.78. The second kappa shape index (κ2) is 5.50. The minimum absolute atomic E-state index is 0.232. The van der Waals surface area contributed by atoms with Crippen molar-refractivity contribution in [1.82, 2.24) is 4.90 Å². The molecular weight excluding hydrogens is 198 g/mol. The number of aliphatic hydroxyl groups is 1. The van der Waals surface area contributed by atoms with Crippen molar-refractivity contribution in [3.8, 4) is 0 Å². The summed E-state index contributed by atoms with van der Waals surface area (Å²) in [6.07, 6.45) is 12.0. The van der Waals surface area contributed by atoms with Gasteiger partial charge in [-0.25, -0.2) is 0 Å². The van der Waals surface area contributed by atoms with E-state index in [0.717, 1.165) is 12.6 Å². The monoisotopic (exact) mass is 225 g/mol. The van der Waals surface area contributed by atoms with Gasteiger partial charge < -0.3 is 10.0 Å². The summed E-state index contributed by atoms with van der Waals surface area (Å²) >= 11 is 0. The minimum atomic E-state index is 0.232. The van der Waals surface area contributed by atoms with Gasteiger partial charge in [-0.2, -0.15) is 0 Å². The number of rotatable bonds is 4. The SMILES string of the molecule is CN(CC1(CO)CCCCC1)C1CCCC1. The molecule has 0 radical (unpaired) electrons. The number of hydrogen-bond donors (Lipinski definition) is 1. The van der Waals surface area contributed by atoms with Crippen molar-refractivity contribution >= 4 is 0 Å². The van der Waals surface area contributed by atoms with Crippen LogP contribution in [0, 0.1) is 5.41 Å². The molecular formula is C14H27NO. The predicted octanol–water partition coefficient (Wildman–Crippen LogP) is 2.80. The highest BCUT2D eigenvalue weighted by Gasteiger charge is 2.34. The Hall–Kier alpha value is -0.0800. The smallest absolute Gasteiger partial charge is 0.0499 e.